The number of rotatable bonds is 32. The van der Waals surface area contributed by atoms with Gasteiger partial charge < -0.3 is 55.8 Å². The molecule has 0 radical (unpaired) electrons. The number of carbonyl (C=O) groups excluding carboxylic acids is 9. The summed E-state index contributed by atoms with van der Waals surface area (Å²) in [6.07, 6.45) is 1.85. The molecule has 9 rings (SSSR count). The number of carbonyl (C=O) groups is 9. The Labute approximate surface area is 582 Å². The second-order valence-corrected chi connectivity index (χ2v) is 25.2. The molecule has 8 amide bonds. The fourth-order valence-corrected chi connectivity index (χ4v) is 13.8. The van der Waals surface area contributed by atoms with Crippen molar-refractivity contribution in [1.29, 1.82) is 0 Å². The Kier molecular flexibility index (Phi) is 25.2. The third kappa shape index (κ3) is 18.0. The second kappa shape index (κ2) is 34.4. The van der Waals surface area contributed by atoms with E-state index >= 15 is 0 Å². The maximum Gasteiger partial charge on any atom is 0.411 e. The summed E-state index contributed by atoms with van der Waals surface area (Å²) < 4.78 is 11.8. The molecule has 7 aromatic rings. The molecule has 0 aromatic heterocycles. The van der Waals surface area contributed by atoms with Crippen LogP contribution in [0.4, 0.5) is 41.9 Å². The van der Waals surface area contributed by atoms with Crippen molar-refractivity contribution in [1.82, 2.24) is 21.3 Å². The number of amides is 8. The van der Waals surface area contributed by atoms with Gasteiger partial charge in [-0.25, -0.2) is 19.2 Å². The summed E-state index contributed by atoms with van der Waals surface area (Å²) >= 11 is 0. The summed E-state index contributed by atoms with van der Waals surface area (Å²) in [6, 6.07) is 39.3. The van der Waals surface area contributed by atoms with Crippen LogP contribution in [0.2, 0.25) is 0 Å². The molecule has 0 aliphatic heterocycles. The average molecular weight is 1350 g/mol. The van der Waals surface area contributed by atoms with Gasteiger partial charge in [-0.1, -0.05) is 130 Å². The molecule has 2 aliphatic carbocycles. The maximum atomic E-state index is 14.6. The van der Waals surface area contributed by atoms with Crippen LogP contribution in [0.25, 0.3) is 32.7 Å². The summed E-state index contributed by atoms with van der Waals surface area (Å²) in [7, 11) is 0. The third-order valence-corrected chi connectivity index (χ3v) is 18.7. The van der Waals surface area contributed by atoms with E-state index in [9.17, 15) is 43.2 Å². The standard InChI is InChI=1S/C78H87N11O11/c1-8-52-53(9-2)64(43-81-74(95)84-70-41-50(72(93)80-39-20-40-83-89-79)29-31-68(70)86-76(97)99-45-66-60-25-16-12-21-56(60)57-22-13-17-26-61(57)66)55(11-4)65(54(52)10-3)44-82-75(96)85-71-42-51(73(94)88-78(36-33-47(5)90,37-34-48(6)91)38-35-49(7)92)30-32-69(71)87-77(98)100-46-67-62-27-18-14-23-58(62)59-24-15-19-28-63(59)67/h12-19,21-32,41-42,66-67H,8-11,20,33-40,43-46H2,1-7H3,(H,80,93)(H,86,97)(H,87,98)(H,88,94)(H2,81,84,95)(H2,82,85,96). The zero-order valence-electron chi connectivity index (χ0n) is 57.7. The Hall–Kier alpha value is -11.1. The topological polar surface area (TPSA) is 317 Å². The molecule has 0 heterocycles. The van der Waals surface area contributed by atoms with Crippen LogP contribution in [0, 0.1) is 0 Å². The first-order chi connectivity index (χ1) is 48.3. The lowest BCUT2D eigenvalue weighted by atomic mass is 9.81. The van der Waals surface area contributed by atoms with Crippen LogP contribution in [0.3, 0.4) is 0 Å². The monoisotopic (exact) mass is 1350 g/mol. The second-order valence-electron chi connectivity index (χ2n) is 25.2. The van der Waals surface area contributed by atoms with Gasteiger partial charge in [-0.3, -0.25) is 20.2 Å². The van der Waals surface area contributed by atoms with E-state index in [-0.39, 0.29) is 141 Å². The Morgan fingerprint density at radius 2 is 0.810 bits per heavy atom. The first-order valence-corrected chi connectivity index (χ1v) is 34.2. The minimum Gasteiger partial charge on any atom is -0.448 e. The number of fused-ring (bicyclic) bond motifs is 6. The number of Topliss-reactive ketones (excluding diaryl/α,β-unsaturated/α-hetero) is 3. The number of ether oxygens (including phenoxy) is 2. The minimum absolute atomic E-state index is 0.00722. The lowest BCUT2D eigenvalue weighted by molar-refractivity contribution is -0.117. The number of benzene rings is 7. The van der Waals surface area contributed by atoms with Gasteiger partial charge in [-0.05, 0) is 192 Å². The number of hydrogen-bond donors (Lipinski definition) is 8. The van der Waals surface area contributed by atoms with Gasteiger partial charge in [0.25, 0.3) is 11.8 Å². The molecule has 0 fully saturated rings. The first kappa shape index (κ1) is 73.1. The van der Waals surface area contributed by atoms with E-state index in [4.69, 9.17) is 15.0 Å². The molecule has 0 saturated heterocycles. The minimum atomic E-state index is -1.13. The molecule has 2 aliphatic rings. The van der Waals surface area contributed by atoms with E-state index in [0.29, 0.717) is 32.1 Å². The number of hydrogen-bond acceptors (Lipinski definition) is 12. The summed E-state index contributed by atoms with van der Waals surface area (Å²) in [5.74, 6) is -1.95. The van der Waals surface area contributed by atoms with Gasteiger partial charge in [0.1, 0.15) is 30.6 Å². The molecular weight excluding hydrogens is 1270 g/mol. The van der Waals surface area contributed by atoms with Crippen LogP contribution in [-0.2, 0) is 62.6 Å². The molecule has 0 saturated carbocycles. The van der Waals surface area contributed by atoms with E-state index in [1.165, 1.54) is 57.2 Å². The third-order valence-electron chi connectivity index (χ3n) is 18.7. The molecule has 0 spiro atoms. The van der Waals surface area contributed by atoms with Crippen molar-refractivity contribution >= 4 is 76.2 Å². The average Bonchev–Trinajstić information content (AvgIpc) is 1.46. The Morgan fingerprint density at radius 3 is 1.18 bits per heavy atom. The van der Waals surface area contributed by atoms with Gasteiger partial charge in [-0.15, -0.1) is 0 Å². The van der Waals surface area contributed by atoms with Crippen LogP contribution < -0.4 is 42.5 Å². The fourth-order valence-electron chi connectivity index (χ4n) is 13.8. The molecule has 22 nitrogen and oxygen atoms in total. The van der Waals surface area contributed by atoms with Gasteiger partial charge in [0.15, 0.2) is 0 Å². The predicted molar refractivity (Wildman–Crippen MR) is 387 cm³/mol. The zero-order chi connectivity index (χ0) is 71.5. The van der Waals surface area contributed by atoms with Crippen molar-refractivity contribution in [2.45, 2.75) is 150 Å². The van der Waals surface area contributed by atoms with Crippen LogP contribution >= 0.6 is 0 Å². The zero-order valence-corrected chi connectivity index (χ0v) is 57.7. The summed E-state index contributed by atoms with van der Waals surface area (Å²) in [5, 5.41) is 26.8. The van der Waals surface area contributed by atoms with Crippen LogP contribution in [-0.4, -0.2) is 85.3 Å². The highest BCUT2D eigenvalue weighted by Crippen LogP contribution is 2.46. The highest BCUT2D eigenvalue weighted by Gasteiger charge is 2.35. The number of nitrogens with one attached hydrogen (secondary N) is 8. The number of nitrogens with zero attached hydrogens (tertiary/aromatic N) is 3. The number of anilines is 4. The molecule has 22 heteroatoms. The summed E-state index contributed by atoms with van der Waals surface area (Å²) in [4.78, 5) is 125. The molecular formula is C78H87N11O11. The largest absolute Gasteiger partial charge is 0.448 e. The molecule has 0 bridgehead atoms. The number of azide groups is 1. The highest BCUT2D eigenvalue weighted by atomic mass is 16.6. The quantitative estimate of drug-likeness (QED) is 0.00848. The summed E-state index contributed by atoms with van der Waals surface area (Å²) in [5.41, 5.74) is 22.2. The predicted octanol–water partition coefficient (Wildman–Crippen LogP) is 15.3. The Balaban J connectivity index is 0.959. The van der Waals surface area contributed by atoms with Gasteiger partial charge in [0, 0.05) is 78.9 Å². The van der Waals surface area contributed by atoms with E-state index < -0.39 is 41.6 Å². The summed E-state index contributed by atoms with van der Waals surface area (Å²) in [6.45, 7) is 12.9. The molecule has 0 atom stereocenters. The molecule has 8 N–H and O–H groups in total. The first-order valence-electron chi connectivity index (χ1n) is 34.2. The van der Waals surface area contributed by atoms with E-state index in [2.05, 4.69) is 59.5 Å². The van der Waals surface area contributed by atoms with E-state index in [1.54, 1.807) is 0 Å². The van der Waals surface area contributed by atoms with E-state index in [0.717, 1.165) is 77.9 Å². The van der Waals surface area contributed by atoms with E-state index in [1.807, 2.05) is 118 Å². The molecule has 100 heavy (non-hydrogen) atoms. The SMILES string of the molecule is CCc1c(CC)c(CNC(=O)Nc2cc(C(=O)NCCCN=[N+]=[N-])ccc2NC(=O)OCC2c3ccccc3-c3ccccc32)c(CC)c(CNC(=O)Nc2cc(C(=O)NC(CCC(C)=O)(CCC(C)=O)CCC(C)=O)ccc2NC(=O)OCC2c3ccccc3-c3ccccc32)c1CC. The van der Waals surface area contributed by atoms with Crippen LogP contribution in [0.5, 0.6) is 0 Å². The van der Waals surface area contributed by atoms with Crippen molar-refractivity contribution in [3.63, 3.8) is 0 Å². The van der Waals surface area contributed by atoms with Crippen LogP contribution in [0.1, 0.15) is 182 Å². The fraction of sp³-hybridized carbons (Fsp3) is 0.346. The van der Waals surface area contributed by atoms with Crippen molar-refractivity contribution in [3.05, 3.63) is 211 Å². The maximum absolute atomic E-state index is 14.6. The van der Waals surface area contributed by atoms with Crippen molar-refractivity contribution in [3.8, 4) is 22.3 Å². The highest BCUT2D eigenvalue weighted by molar-refractivity contribution is 6.03. The van der Waals surface area contributed by atoms with Crippen molar-refractivity contribution < 1.29 is 52.6 Å². The Morgan fingerprint density at radius 1 is 0.450 bits per heavy atom. The number of urea groups is 2. The molecule has 0 unspecified atom stereocenters. The van der Waals surface area contributed by atoms with Gasteiger partial charge in [0.2, 0.25) is 0 Å². The van der Waals surface area contributed by atoms with Gasteiger partial charge in [0.05, 0.1) is 22.7 Å². The smallest absolute Gasteiger partial charge is 0.411 e. The normalized spacial score (nSPS) is 11.9. The van der Waals surface area contributed by atoms with Crippen LogP contribution in [0.15, 0.2) is 139 Å². The molecule has 520 valence electrons. The van der Waals surface area contributed by atoms with Crippen molar-refractivity contribution in [2.75, 3.05) is 47.6 Å². The molecule has 7 aromatic carbocycles. The lowest BCUT2D eigenvalue weighted by Crippen LogP contribution is -2.49. The van der Waals surface area contributed by atoms with Gasteiger partial charge in [-0.2, -0.15) is 0 Å². The lowest BCUT2D eigenvalue weighted by Gasteiger charge is -2.35. The number of ketones is 3. The van der Waals surface area contributed by atoms with Crippen molar-refractivity contribution in [2.24, 2.45) is 5.11 Å². The Bertz CT molecular complexity index is 4180. The van der Waals surface area contributed by atoms with Gasteiger partial charge >= 0.3 is 24.2 Å².